The van der Waals surface area contributed by atoms with E-state index < -0.39 is 0 Å². The van der Waals surface area contributed by atoms with Crippen LogP contribution in [0, 0.1) is 6.92 Å². The Balaban J connectivity index is 0.00000280. The minimum Gasteiger partial charge on any atom is -0.497 e. The SMILES string of the molecule is COc1ccc(C2N=C(SC)NC(C)=C2C(=O)Nc2ccccc2C)cc1.I. The van der Waals surface area contributed by atoms with Gasteiger partial charge in [-0.1, -0.05) is 42.1 Å². The molecule has 2 aromatic rings. The summed E-state index contributed by atoms with van der Waals surface area (Å²) in [7, 11) is 1.63. The quantitative estimate of drug-likeness (QED) is 0.576. The van der Waals surface area contributed by atoms with Gasteiger partial charge in [-0.3, -0.25) is 4.79 Å². The number of para-hydroxylation sites is 1. The molecule has 5 nitrogen and oxygen atoms in total. The molecule has 1 heterocycles. The first-order valence-corrected chi connectivity index (χ1v) is 9.86. The number of ether oxygens (including phenoxy) is 1. The molecule has 0 fully saturated rings. The molecule has 0 bridgehead atoms. The highest BCUT2D eigenvalue weighted by atomic mass is 127. The predicted molar refractivity (Wildman–Crippen MR) is 128 cm³/mol. The van der Waals surface area contributed by atoms with Crippen LogP contribution in [0.1, 0.15) is 24.1 Å². The van der Waals surface area contributed by atoms with E-state index in [-0.39, 0.29) is 35.9 Å². The molecule has 0 aliphatic carbocycles. The van der Waals surface area contributed by atoms with Gasteiger partial charge in [0.2, 0.25) is 0 Å². The van der Waals surface area contributed by atoms with Crippen molar-refractivity contribution in [2.75, 3.05) is 18.7 Å². The Kier molecular flexibility index (Phi) is 7.94. The Morgan fingerprint density at radius 3 is 2.43 bits per heavy atom. The van der Waals surface area contributed by atoms with E-state index in [0.29, 0.717) is 5.57 Å². The second-order valence-electron chi connectivity index (χ2n) is 6.25. The third-order valence-corrected chi connectivity index (χ3v) is 5.08. The number of halogens is 1. The number of aryl methyl sites for hydroxylation is 1. The molecule has 2 aromatic carbocycles. The number of nitrogens with one attached hydrogen (secondary N) is 2. The third-order valence-electron chi connectivity index (χ3n) is 4.48. The van der Waals surface area contributed by atoms with Gasteiger partial charge in [0.1, 0.15) is 11.8 Å². The fourth-order valence-electron chi connectivity index (χ4n) is 2.98. The van der Waals surface area contributed by atoms with E-state index in [9.17, 15) is 4.79 Å². The number of amides is 1. The molecule has 0 spiro atoms. The van der Waals surface area contributed by atoms with E-state index in [2.05, 4.69) is 10.6 Å². The van der Waals surface area contributed by atoms with Gasteiger partial charge in [-0.05, 0) is 49.4 Å². The number of methoxy groups -OCH3 is 1. The predicted octanol–water partition coefficient (Wildman–Crippen LogP) is 4.90. The van der Waals surface area contributed by atoms with Crippen molar-refractivity contribution in [2.45, 2.75) is 19.9 Å². The largest absolute Gasteiger partial charge is 0.497 e. The number of benzene rings is 2. The molecule has 0 saturated heterocycles. The zero-order valence-electron chi connectivity index (χ0n) is 16.3. The summed E-state index contributed by atoms with van der Waals surface area (Å²) in [5.74, 6) is 0.618. The van der Waals surface area contributed by atoms with Crippen molar-refractivity contribution in [2.24, 2.45) is 4.99 Å². The maximum atomic E-state index is 13.1. The first-order chi connectivity index (χ1) is 13.0. The minimum atomic E-state index is -0.372. The summed E-state index contributed by atoms with van der Waals surface area (Å²) in [6.45, 7) is 3.88. The van der Waals surface area contributed by atoms with E-state index >= 15 is 0 Å². The lowest BCUT2D eigenvalue weighted by Crippen LogP contribution is -2.32. The fourth-order valence-corrected chi connectivity index (χ4v) is 3.44. The van der Waals surface area contributed by atoms with Crippen LogP contribution in [0.3, 0.4) is 0 Å². The lowest BCUT2D eigenvalue weighted by Gasteiger charge is -2.26. The van der Waals surface area contributed by atoms with Gasteiger partial charge in [0.15, 0.2) is 5.17 Å². The van der Waals surface area contributed by atoms with Crippen molar-refractivity contribution in [1.29, 1.82) is 0 Å². The highest BCUT2D eigenvalue weighted by Crippen LogP contribution is 2.33. The van der Waals surface area contributed by atoms with Crippen molar-refractivity contribution in [3.63, 3.8) is 0 Å². The van der Waals surface area contributed by atoms with Gasteiger partial charge in [-0.2, -0.15) is 0 Å². The summed E-state index contributed by atoms with van der Waals surface area (Å²) >= 11 is 1.52. The smallest absolute Gasteiger partial charge is 0.255 e. The molecule has 1 aliphatic heterocycles. The van der Waals surface area contributed by atoms with Gasteiger partial charge < -0.3 is 15.4 Å². The Labute approximate surface area is 187 Å². The maximum absolute atomic E-state index is 13.1. The molecule has 2 N–H and O–H groups in total. The van der Waals surface area contributed by atoms with Crippen LogP contribution in [-0.4, -0.2) is 24.4 Å². The minimum absolute atomic E-state index is 0. The molecule has 1 unspecified atom stereocenters. The van der Waals surface area contributed by atoms with Crippen molar-refractivity contribution < 1.29 is 9.53 Å². The van der Waals surface area contributed by atoms with Gasteiger partial charge in [0.05, 0.1) is 12.7 Å². The number of thioether (sulfide) groups is 1. The van der Waals surface area contributed by atoms with Crippen molar-refractivity contribution in [3.8, 4) is 5.75 Å². The van der Waals surface area contributed by atoms with Crippen LogP contribution < -0.4 is 15.4 Å². The Morgan fingerprint density at radius 2 is 1.82 bits per heavy atom. The maximum Gasteiger partial charge on any atom is 0.255 e. The van der Waals surface area contributed by atoms with Crippen LogP contribution >= 0.6 is 35.7 Å². The number of aliphatic imine (C=N–C) groups is 1. The number of carbonyl (C=O) groups is 1. The van der Waals surface area contributed by atoms with E-state index in [0.717, 1.165) is 33.4 Å². The van der Waals surface area contributed by atoms with Gasteiger partial charge >= 0.3 is 0 Å². The first kappa shape index (κ1) is 22.3. The zero-order valence-corrected chi connectivity index (χ0v) is 19.4. The zero-order chi connectivity index (χ0) is 19.4. The van der Waals surface area contributed by atoms with Crippen molar-refractivity contribution >= 4 is 52.5 Å². The van der Waals surface area contributed by atoms with Crippen LogP contribution in [0.4, 0.5) is 5.69 Å². The summed E-state index contributed by atoms with van der Waals surface area (Å²) in [6.07, 6.45) is 1.96. The summed E-state index contributed by atoms with van der Waals surface area (Å²) in [5, 5.41) is 7.05. The van der Waals surface area contributed by atoms with Gasteiger partial charge in [0, 0.05) is 11.4 Å². The van der Waals surface area contributed by atoms with Crippen LogP contribution in [0.15, 0.2) is 64.8 Å². The highest BCUT2D eigenvalue weighted by molar-refractivity contribution is 14.0. The normalized spacial score (nSPS) is 15.9. The molecule has 1 amide bonds. The molecule has 1 aliphatic rings. The Morgan fingerprint density at radius 1 is 1.14 bits per heavy atom. The number of amidine groups is 1. The molecule has 0 aromatic heterocycles. The van der Waals surface area contributed by atoms with E-state index in [1.54, 1.807) is 7.11 Å². The highest BCUT2D eigenvalue weighted by Gasteiger charge is 2.29. The molecule has 148 valence electrons. The molecular formula is C21H24IN3O2S. The van der Waals surface area contributed by atoms with E-state index in [1.165, 1.54) is 11.8 Å². The van der Waals surface area contributed by atoms with Crippen LogP contribution in [-0.2, 0) is 4.79 Å². The average Bonchev–Trinajstić information content (AvgIpc) is 2.69. The monoisotopic (exact) mass is 509 g/mol. The topological polar surface area (TPSA) is 62.7 Å². The molecule has 1 atom stereocenters. The average molecular weight is 509 g/mol. The first-order valence-electron chi connectivity index (χ1n) is 8.64. The van der Waals surface area contributed by atoms with Gasteiger partial charge in [-0.15, -0.1) is 24.0 Å². The van der Waals surface area contributed by atoms with Crippen molar-refractivity contribution in [3.05, 3.63) is 70.9 Å². The Bertz CT molecular complexity index is 910. The van der Waals surface area contributed by atoms with Crippen LogP contribution in [0.25, 0.3) is 0 Å². The molecular weight excluding hydrogens is 485 g/mol. The molecule has 0 saturated carbocycles. The number of nitrogens with zero attached hydrogens (tertiary/aromatic N) is 1. The number of hydrogen-bond donors (Lipinski definition) is 2. The second kappa shape index (κ2) is 9.97. The standard InChI is InChI=1S/C21H23N3O2S.HI/c1-13-7-5-6-8-17(13)23-20(25)18-14(2)22-21(27-4)24-19(18)15-9-11-16(26-3)12-10-15;/h5-12,19H,1-4H3,(H,22,24)(H,23,25);1H. The lowest BCUT2D eigenvalue weighted by molar-refractivity contribution is -0.113. The van der Waals surface area contributed by atoms with Gasteiger partial charge in [0.25, 0.3) is 5.91 Å². The summed E-state index contributed by atoms with van der Waals surface area (Å²) in [6, 6.07) is 15.0. The molecule has 3 rings (SSSR count). The Hall–Kier alpha value is -2.00. The van der Waals surface area contributed by atoms with E-state index in [1.807, 2.05) is 68.6 Å². The number of rotatable bonds is 4. The van der Waals surface area contributed by atoms with Crippen molar-refractivity contribution in [1.82, 2.24) is 5.32 Å². The molecule has 7 heteroatoms. The summed E-state index contributed by atoms with van der Waals surface area (Å²) < 4.78 is 5.24. The summed E-state index contributed by atoms with van der Waals surface area (Å²) in [4.78, 5) is 17.9. The number of carbonyl (C=O) groups excluding carboxylic acids is 1. The van der Waals surface area contributed by atoms with E-state index in [4.69, 9.17) is 9.73 Å². The number of hydrogen-bond acceptors (Lipinski definition) is 5. The summed E-state index contributed by atoms with van der Waals surface area (Å²) in [5.41, 5.74) is 4.18. The fraction of sp³-hybridized carbons (Fsp3) is 0.238. The number of allylic oxidation sites excluding steroid dienone is 1. The van der Waals surface area contributed by atoms with Crippen LogP contribution in [0.5, 0.6) is 5.75 Å². The third kappa shape index (κ3) is 4.88. The second-order valence-corrected chi connectivity index (χ2v) is 7.04. The molecule has 28 heavy (non-hydrogen) atoms. The number of anilines is 1. The molecule has 0 radical (unpaired) electrons. The van der Waals surface area contributed by atoms with Gasteiger partial charge in [-0.25, -0.2) is 4.99 Å². The lowest BCUT2D eigenvalue weighted by atomic mass is 9.95. The van der Waals surface area contributed by atoms with Crippen LogP contribution in [0.2, 0.25) is 0 Å².